The number of likely N-dealkylation sites (tertiary alicyclic amines) is 1. The Bertz CT molecular complexity index is 204. The predicted octanol–water partition coefficient (Wildman–Crippen LogP) is 1.63. The van der Waals surface area contributed by atoms with Crippen LogP contribution in [0, 0.1) is 5.92 Å². The molecule has 3 heteroatoms. The van der Waals surface area contributed by atoms with Crippen LogP contribution in [0.4, 0.5) is 0 Å². The third-order valence-corrected chi connectivity index (χ3v) is 2.91. The number of amides is 1. The van der Waals surface area contributed by atoms with E-state index in [0.717, 1.165) is 38.9 Å². The number of hydrogen-bond acceptors (Lipinski definition) is 2. The van der Waals surface area contributed by atoms with Crippen LogP contribution in [0.1, 0.15) is 40.0 Å². The molecule has 0 radical (unpaired) electrons. The van der Waals surface area contributed by atoms with E-state index in [-0.39, 0.29) is 6.04 Å². The molecular weight excluding hydrogens is 188 g/mol. The van der Waals surface area contributed by atoms with Crippen molar-refractivity contribution in [3.8, 4) is 0 Å². The van der Waals surface area contributed by atoms with Crippen LogP contribution in [0.5, 0.6) is 0 Å². The van der Waals surface area contributed by atoms with E-state index in [0.29, 0.717) is 11.8 Å². The summed E-state index contributed by atoms with van der Waals surface area (Å²) in [4.78, 5) is 13.9. The van der Waals surface area contributed by atoms with Crippen LogP contribution in [0.25, 0.3) is 0 Å². The van der Waals surface area contributed by atoms with E-state index < -0.39 is 0 Å². The molecule has 0 saturated carbocycles. The summed E-state index contributed by atoms with van der Waals surface area (Å²) < 4.78 is 0. The van der Waals surface area contributed by atoms with E-state index in [2.05, 4.69) is 26.1 Å². The van der Waals surface area contributed by atoms with Crippen molar-refractivity contribution >= 4 is 5.91 Å². The van der Waals surface area contributed by atoms with Crippen LogP contribution in [0.15, 0.2) is 0 Å². The van der Waals surface area contributed by atoms with Crippen LogP contribution in [0.3, 0.4) is 0 Å². The number of carbonyl (C=O) groups is 1. The minimum Gasteiger partial charge on any atom is -0.341 e. The number of carbonyl (C=O) groups excluding carboxylic acids is 1. The van der Waals surface area contributed by atoms with Crippen LogP contribution in [0.2, 0.25) is 0 Å². The molecule has 1 N–H and O–H groups in total. The summed E-state index contributed by atoms with van der Waals surface area (Å²) in [5.41, 5.74) is 0. The molecule has 1 aliphatic rings. The maximum atomic E-state index is 11.9. The highest BCUT2D eigenvalue weighted by Gasteiger charge is 2.30. The topological polar surface area (TPSA) is 32.3 Å². The molecule has 0 aliphatic carbocycles. The lowest BCUT2D eigenvalue weighted by molar-refractivity contribution is -0.129. The first-order valence-electron chi connectivity index (χ1n) is 6.17. The summed E-state index contributed by atoms with van der Waals surface area (Å²) in [6.07, 6.45) is 3.19. The fraction of sp³-hybridized carbons (Fsp3) is 0.917. The van der Waals surface area contributed by atoms with Gasteiger partial charge in [0.15, 0.2) is 0 Å². The van der Waals surface area contributed by atoms with Gasteiger partial charge in [-0.15, -0.1) is 0 Å². The highest BCUT2D eigenvalue weighted by Crippen LogP contribution is 2.13. The van der Waals surface area contributed by atoms with Gasteiger partial charge in [0.2, 0.25) is 5.91 Å². The highest BCUT2D eigenvalue weighted by molar-refractivity contribution is 5.83. The fourth-order valence-corrected chi connectivity index (χ4v) is 1.88. The normalized spacial score (nSPS) is 21.7. The Morgan fingerprint density at radius 2 is 2.27 bits per heavy atom. The smallest absolute Gasteiger partial charge is 0.239 e. The zero-order valence-electron chi connectivity index (χ0n) is 10.3. The largest absolute Gasteiger partial charge is 0.341 e. The molecular formula is C12H24N2O. The van der Waals surface area contributed by atoms with Gasteiger partial charge in [-0.2, -0.15) is 0 Å². The fourth-order valence-electron chi connectivity index (χ4n) is 1.88. The van der Waals surface area contributed by atoms with E-state index in [4.69, 9.17) is 0 Å². The molecule has 0 aromatic carbocycles. The number of nitrogens with zero attached hydrogens (tertiary/aromatic N) is 1. The maximum Gasteiger partial charge on any atom is 0.239 e. The first-order chi connectivity index (χ1) is 7.15. The van der Waals surface area contributed by atoms with E-state index >= 15 is 0 Å². The molecule has 1 saturated heterocycles. The lowest BCUT2D eigenvalue weighted by atomic mass is 10.1. The van der Waals surface area contributed by atoms with Crippen molar-refractivity contribution in [2.75, 3.05) is 19.6 Å². The molecule has 0 aromatic heterocycles. The Morgan fingerprint density at radius 1 is 1.53 bits per heavy atom. The molecule has 1 aliphatic heterocycles. The van der Waals surface area contributed by atoms with Gasteiger partial charge in [-0.25, -0.2) is 0 Å². The zero-order chi connectivity index (χ0) is 11.3. The highest BCUT2D eigenvalue weighted by atomic mass is 16.2. The molecule has 1 atom stereocenters. The standard InChI is InChI=1S/C12H24N2O/c1-4-7-13-11-6-9-14(12(11)15)8-5-10(2)3/h10-11,13H,4-9H2,1-3H3. The summed E-state index contributed by atoms with van der Waals surface area (Å²) in [6, 6.07) is 0.0945. The number of nitrogens with one attached hydrogen (secondary N) is 1. The Balaban J connectivity index is 2.29. The predicted molar refractivity (Wildman–Crippen MR) is 62.7 cm³/mol. The summed E-state index contributed by atoms with van der Waals surface area (Å²) >= 11 is 0. The van der Waals surface area contributed by atoms with Gasteiger partial charge >= 0.3 is 0 Å². The van der Waals surface area contributed by atoms with Gasteiger partial charge < -0.3 is 10.2 Å². The third-order valence-electron chi connectivity index (χ3n) is 2.91. The van der Waals surface area contributed by atoms with Crippen LogP contribution in [-0.4, -0.2) is 36.5 Å². The van der Waals surface area contributed by atoms with Gasteiger partial charge in [0.1, 0.15) is 0 Å². The Morgan fingerprint density at radius 3 is 2.87 bits per heavy atom. The SMILES string of the molecule is CCCNC1CCN(CCC(C)C)C1=O. The molecule has 1 fully saturated rings. The second kappa shape index (κ2) is 6.11. The zero-order valence-corrected chi connectivity index (χ0v) is 10.3. The van der Waals surface area contributed by atoms with Crippen LogP contribution < -0.4 is 5.32 Å². The van der Waals surface area contributed by atoms with Gasteiger partial charge in [0.05, 0.1) is 6.04 Å². The molecule has 3 nitrogen and oxygen atoms in total. The molecule has 15 heavy (non-hydrogen) atoms. The second-order valence-electron chi connectivity index (χ2n) is 4.80. The maximum absolute atomic E-state index is 11.9. The molecule has 1 heterocycles. The van der Waals surface area contributed by atoms with Crippen molar-refractivity contribution in [3.05, 3.63) is 0 Å². The Labute approximate surface area is 93.2 Å². The van der Waals surface area contributed by atoms with Gasteiger partial charge in [-0.05, 0) is 31.7 Å². The molecule has 0 bridgehead atoms. The summed E-state index contributed by atoms with van der Waals surface area (Å²) in [6.45, 7) is 9.35. The molecule has 1 amide bonds. The molecule has 1 rings (SSSR count). The summed E-state index contributed by atoms with van der Waals surface area (Å²) in [7, 11) is 0. The first kappa shape index (κ1) is 12.5. The van der Waals surface area contributed by atoms with Crippen LogP contribution >= 0.6 is 0 Å². The van der Waals surface area contributed by atoms with Gasteiger partial charge in [-0.3, -0.25) is 4.79 Å². The minimum absolute atomic E-state index is 0.0945. The van der Waals surface area contributed by atoms with Gasteiger partial charge in [0, 0.05) is 13.1 Å². The minimum atomic E-state index is 0.0945. The van der Waals surface area contributed by atoms with Gasteiger partial charge in [-0.1, -0.05) is 20.8 Å². The Kier molecular flexibility index (Phi) is 5.09. The van der Waals surface area contributed by atoms with E-state index in [9.17, 15) is 4.79 Å². The van der Waals surface area contributed by atoms with Crippen LogP contribution in [-0.2, 0) is 4.79 Å². The van der Waals surface area contributed by atoms with Crippen molar-refractivity contribution in [1.29, 1.82) is 0 Å². The number of rotatable bonds is 6. The summed E-state index contributed by atoms with van der Waals surface area (Å²) in [5.74, 6) is 0.990. The quantitative estimate of drug-likeness (QED) is 0.726. The van der Waals surface area contributed by atoms with Crippen molar-refractivity contribution in [3.63, 3.8) is 0 Å². The Hall–Kier alpha value is -0.570. The average Bonchev–Trinajstić information content (AvgIpc) is 2.54. The van der Waals surface area contributed by atoms with E-state index in [1.807, 2.05) is 4.90 Å². The molecule has 1 unspecified atom stereocenters. The van der Waals surface area contributed by atoms with Crippen molar-refractivity contribution in [2.45, 2.75) is 46.1 Å². The molecule has 88 valence electrons. The van der Waals surface area contributed by atoms with E-state index in [1.54, 1.807) is 0 Å². The lowest BCUT2D eigenvalue weighted by Gasteiger charge is -2.18. The second-order valence-corrected chi connectivity index (χ2v) is 4.80. The van der Waals surface area contributed by atoms with E-state index in [1.165, 1.54) is 0 Å². The van der Waals surface area contributed by atoms with Crippen molar-refractivity contribution < 1.29 is 4.79 Å². The number of hydrogen-bond donors (Lipinski definition) is 1. The average molecular weight is 212 g/mol. The third kappa shape index (κ3) is 3.82. The van der Waals surface area contributed by atoms with Crippen molar-refractivity contribution in [1.82, 2.24) is 10.2 Å². The monoisotopic (exact) mass is 212 g/mol. The first-order valence-corrected chi connectivity index (χ1v) is 6.17. The molecule has 0 aromatic rings. The van der Waals surface area contributed by atoms with Gasteiger partial charge in [0.25, 0.3) is 0 Å². The molecule has 0 spiro atoms. The van der Waals surface area contributed by atoms with Crippen molar-refractivity contribution in [2.24, 2.45) is 5.92 Å². The summed E-state index contributed by atoms with van der Waals surface area (Å²) in [5, 5.41) is 3.31. The lowest BCUT2D eigenvalue weighted by Crippen LogP contribution is -2.39.